The van der Waals surface area contributed by atoms with Gasteiger partial charge in [0.2, 0.25) is 0 Å². The van der Waals surface area contributed by atoms with Crippen LogP contribution in [-0.2, 0) is 6.42 Å². The van der Waals surface area contributed by atoms with Gasteiger partial charge in [-0.2, -0.15) is 0 Å². The second kappa shape index (κ2) is 6.31. The molecular weight excluding hydrogens is 203 g/mol. The minimum atomic E-state index is -0.289. The standard InChI is InChI=1S/C14H19FO/c1-4-5-12-6-7-14(13(15)10-12)16-9-8-11(2)3/h4,6-7,10-11H,1,5,8-9H2,2-3H3. The molecule has 1 nitrogen and oxygen atoms in total. The summed E-state index contributed by atoms with van der Waals surface area (Å²) in [6.07, 6.45) is 3.38. The lowest BCUT2D eigenvalue weighted by Crippen LogP contribution is -2.03. The Morgan fingerprint density at radius 3 is 2.75 bits per heavy atom. The summed E-state index contributed by atoms with van der Waals surface area (Å²) in [7, 11) is 0. The first-order valence-electron chi connectivity index (χ1n) is 5.65. The van der Waals surface area contributed by atoms with Gasteiger partial charge in [0, 0.05) is 0 Å². The van der Waals surface area contributed by atoms with Gasteiger partial charge in [0.25, 0.3) is 0 Å². The minimum Gasteiger partial charge on any atom is -0.491 e. The molecule has 1 rings (SSSR count). The van der Waals surface area contributed by atoms with E-state index >= 15 is 0 Å². The van der Waals surface area contributed by atoms with E-state index in [1.165, 1.54) is 6.07 Å². The van der Waals surface area contributed by atoms with Crippen molar-refractivity contribution in [2.24, 2.45) is 5.92 Å². The predicted octanol–water partition coefficient (Wildman–Crippen LogP) is 3.98. The van der Waals surface area contributed by atoms with Crippen molar-refractivity contribution in [2.45, 2.75) is 26.7 Å². The van der Waals surface area contributed by atoms with Gasteiger partial charge in [-0.05, 0) is 36.5 Å². The van der Waals surface area contributed by atoms with E-state index < -0.39 is 0 Å². The van der Waals surface area contributed by atoms with E-state index in [1.807, 2.05) is 6.07 Å². The highest BCUT2D eigenvalue weighted by molar-refractivity contribution is 5.30. The number of rotatable bonds is 6. The summed E-state index contributed by atoms with van der Waals surface area (Å²) in [5.74, 6) is 0.625. The molecule has 0 spiro atoms. The van der Waals surface area contributed by atoms with Crippen LogP contribution in [0.25, 0.3) is 0 Å². The van der Waals surface area contributed by atoms with E-state index in [0.29, 0.717) is 24.7 Å². The maximum absolute atomic E-state index is 13.5. The molecule has 0 amide bonds. The predicted molar refractivity (Wildman–Crippen MR) is 65.3 cm³/mol. The fraction of sp³-hybridized carbons (Fsp3) is 0.429. The zero-order valence-corrected chi connectivity index (χ0v) is 10.0. The largest absolute Gasteiger partial charge is 0.491 e. The van der Waals surface area contributed by atoms with Crippen LogP contribution >= 0.6 is 0 Å². The molecule has 16 heavy (non-hydrogen) atoms. The van der Waals surface area contributed by atoms with Crippen LogP contribution in [0.15, 0.2) is 30.9 Å². The van der Waals surface area contributed by atoms with Gasteiger partial charge in [0.15, 0.2) is 11.6 Å². The molecule has 1 aromatic rings. The number of hydrogen-bond donors (Lipinski definition) is 0. The first kappa shape index (κ1) is 12.8. The highest BCUT2D eigenvalue weighted by Crippen LogP contribution is 2.19. The van der Waals surface area contributed by atoms with Gasteiger partial charge in [0.1, 0.15) is 0 Å². The lowest BCUT2D eigenvalue weighted by molar-refractivity contribution is 0.276. The summed E-state index contributed by atoms with van der Waals surface area (Å²) in [5, 5.41) is 0. The van der Waals surface area contributed by atoms with Gasteiger partial charge < -0.3 is 4.74 Å². The Morgan fingerprint density at radius 2 is 2.19 bits per heavy atom. The summed E-state index contributed by atoms with van der Waals surface area (Å²) >= 11 is 0. The van der Waals surface area contributed by atoms with E-state index in [-0.39, 0.29) is 5.82 Å². The van der Waals surface area contributed by atoms with Crippen LogP contribution in [0.1, 0.15) is 25.8 Å². The minimum absolute atomic E-state index is 0.289. The van der Waals surface area contributed by atoms with E-state index in [4.69, 9.17) is 4.74 Å². The van der Waals surface area contributed by atoms with Gasteiger partial charge in [-0.25, -0.2) is 4.39 Å². The van der Waals surface area contributed by atoms with Crippen LogP contribution < -0.4 is 4.74 Å². The van der Waals surface area contributed by atoms with E-state index in [2.05, 4.69) is 20.4 Å². The summed E-state index contributed by atoms with van der Waals surface area (Å²) in [6.45, 7) is 8.42. The SMILES string of the molecule is C=CCc1ccc(OCCC(C)C)c(F)c1. The smallest absolute Gasteiger partial charge is 0.165 e. The number of benzene rings is 1. The second-order valence-electron chi connectivity index (χ2n) is 4.29. The molecule has 0 aliphatic carbocycles. The van der Waals surface area contributed by atoms with Crippen molar-refractivity contribution in [3.63, 3.8) is 0 Å². The molecule has 0 unspecified atom stereocenters. The Morgan fingerprint density at radius 1 is 1.44 bits per heavy atom. The fourth-order valence-corrected chi connectivity index (χ4v) is 1.36. The van der Waals surface area contributed by atoms with Crippen molar-refractivity contribution in [3.05, 3.63) is 42.2 Å². The molecular formula is C14H19FO. The van der Waals surface area contributed by atoms with Crippen LogP contribution in [0.2, 0.25) is 0 Å². The van der Waals surface area contributed by atoms with Gasteiger partial charge in [-0.15, -0.1) is 6.58 Å². The normalized spacial score (nSPS) is 10.5. The summed E-state index contributed by atoms with van der Waals surface area (Å²) in [4.78, 5) is 0. The Hall–Kier alpha value is -1.31. The Balaban J connectivity index is 2.57. The van der Waals surface area contributed by atoms with Crippen molar-refractivity contribution in [1.82, 2.24) is 0 Å². The molecule has 0 heterocycles. The monoisotopic (exact) mass is 222 g/mol. The molecule has 2 heteroatoms. The molecule has 0 bridgehead atoms. The van der Waals surface area contributed by atoms with Crippen molar-refractivity contribution in [1.29, 1.82) is 0 Å². The molecule has 0 saturated heterocycles. The maximum Gasteiger partial charge on any atom is 0.165 e. The summed E-state index contributed by atoms with van der Waals surface area (Å²) in [6, 6.07) is 5.07. The van der Waals surface area contributed by atoms with Crippen molar-refractivity contribution < 1.29 is 9.13 Å². The molecule has 0 fully saturated rings. The first-order chi connectivity index (χ1) is 7.63. The average Bonchev–Trinajstić information content (AvgIpc) is 2.21. The van der Waals surface area contributed by atoms with Crippen molar-refractivity contribution in [3.8, 4) is 5.75 Å². The van der Waals surface area contributed by atoms with E-state index in [0.717, 1.165) is 12.0 Å². The summed E-state index contributed by atoms with van der Waals surface area (Å²) < 4.78 is 18.9. The molecule has 0 saturated carbocycles. The number of halogens is 1. The lowest BCUT2D eigenvalue weighted by atomic mass is 10.1. The highest BCUT2D eigenvalue weighted by Gasteiger charge is 2.04. The van der Waals surface area contributed by atoms with Crippen molar-refractivity contribution >= 4 is 0 Å². The van der Waals surface area contributed by atoms with Gasteiger partial charge in [-0.3, -0.25) is 0 Å². The topological polar surface area (TPSA) is 9.23 Å². The average molecular weight is 222 g/mol. The number of ether oxygens (including phenoxy) is 1. The third kappa shape index (κ3) is 4.05. The highest BCUT2D eigenvalue weighted by atomic mass is 19.1. The molecule has 0 aromatic heterocycles. The van der Waals surface area contributed by atoms with Crippen LogP contribution in [0.3, 0.4) is 0 Å². The van der Waals surface area contributed by atoms with Crippen LogP contribution in [0, 0.1) is 11.7 Å². The third-order valence-electron chi connectivity index (χ3n) is 2.33. The molecule has 0 aliphatic heterocycles. The first-order valence-corrected chi connectivity index (χ1v) is 5.65. The molecule has 0 N–H and O–H groups in total. The Kier molecular flexibility index (Phi) is 5.03. The third-order valence-corrected chi connectivity index (χ3v) is 2.33. The van der Waals surface area contributed by atoms with Crippen molar-refractivity contribution in [2.75, 3.05) is 6.61 Å². The molecule has 88 valence electrons. The van der Waals surface area contributed by atoms with Crippen LogP contribution in [0.4, 0.5) is 4.39 Å². The molecule has 0 aliphatic rings. The van der Waals surface area contributed by atoms with E-state index in [1.54, 1.807) is 12.1 Å². The maximum atomic E-state index is 13.5. The zero-order chi connectivity index (χ0) is 12.0. The Labute approximate surface area is 96.9 Å². The second-order valence-corrected chi connectivity index (χ2v) is 4.29. The number of hydrogen-bond acceptors (Lipinski definition) is 1. The van der Waals surface area contributed by atoms with Gasteiger partial charge in [-0.1, -0.05) is 26.0 Å². The molecule has 0 atom stereocenters. The lowest BCUT2D eigenvalue weighted by Gasteiger charge is -2.09. The van der Waals surface area contributed by atoms with Crippen LogP contribution in [-0.4, -0.2) is 6.61 Å². The molecule has 0 radical (unpaired) electrons. The van der Waals surface area contributed by atoms with Gasteiger partial charge >= 0.3 is 0 Å². The van der Waals surface area contributed by atoms with Crippen LogP contribution in [0.5, 0.6) is 5.75 Å². The number of allylic oxidation sites excluding steroid dienone is 1. The van der Waals surface area contributed by atoms with E-state index in [9.17, 15) is 4.39 Å². The van der Waals surface area contributed by atoms with Gasteiger partial charge in [0.05, 0.1) is 6.61 Å². The zero-order valence-electron chi connectivity index (χ0n) is 10.0. The Bertz CT molecular complexity index is 345. The summed E-state index contributed by atoms with van der Waals surface area (Å²) in [5.41, 5.74) is 0.920. The molecule has 1 aromatic carbocycles. The fourth-order valence-electron chi connectivity index (χ4n) is 1.36. The quantitative estimate of drug-likeness (QED) is 0.661.